The van der Waals surface area contributed by atoms with E-state index in [1.54, 1.807) is 36.0 Å². The molecule has 0 bridgehead atoms. The molecule has 7 heteroatoms. The fourth-order valence-corrected chi connectivity index (χ4v) is 2.78. The van der Waals surface area contributed by atoms with Gasteiger partial charge in [-0.3, -0.25) is 9.59 Å². The number of rotatable bonds is 8. The minimum absolute atomic E-state index is 0.201. The van der Waals surface area contributed by atoms with Crippen molar-refractivity contribution in [2.75, 3.05) is 17.3 Å². The highest BCUT2D eigenvalue weighted by atomic mass is 32.2. The predicted octanol–water partition coefficient (Wildman–Crippen LogP) is 2.77. The monoisotopic (exact) mass is 375 g/mol. The van der Waals surface area contributed by atoms with Gasteiger partial charge in [0.2, 0.25) is 5.91 Å². The Hall–Kier alpha value is -2.38. The number of benzene rings is 2. The number of anilines is 1. The summed E-state index contributed by atoms with van der Waals surface area (Å²) in [6.45, 7) is 0.315. The Morgan fingerprint density at radius 1 is 1.19 bits per heavy atom. The number of hydrogen-bond donors (Lipinski definition) is 3. The van der Waals surface area contributed by atoms with Gasteiger partial charge in [0.25, 0.3) is 5.91 Å². The summed E-state index contributed by atoms with van der Waals surface area (Å²) >= 11 is 1.64. The molecule has 138 valence electrons. The van der Waals surface area contributed by atoms with Crippen molar-refractivity contribution < 1.29 is 14.0 Å². The quantitative estimate of drug-likeness (QED) is 0.662. The lowest BCUT2D eigenvalue weighted by molar-refractivity contribution is -0.122. The van der Waals surface area contributed by atoms with Crippen LogP contribution in [0.5, 0.6) is 0 Å². The number of carbonyl (C=O) groups is 2. The fraction of sp³-hybridized carbons (Fsp3) is 0.263. The predicted molar refractivity (Wildman–Crippen MR) is 104 cm³/mol. The zero-order valence-corrected chi connectivity index (χ0v) is 15.3. The second-order valence-corrected chi connectivity index (χ2v) is 6.76. The van der Waals surface area contributed by atoms with Gasteiger partial charge < -0.3 is 16.4 Å². The number of halogens is 1. The number of nitrogens with two attached hydrogens (primary N) is 1. The third-order valence-corrected chi connectivity index (χ3v) is 4.35. The molecule has 5 nitrogen and oxygen atoms in total. The molecule has 4 N–H and O–H groups in total. The number of nitrogens with one attached hydrogen (secondary N) is 2. The minimum atomic E-state index is -0.529. The van der Waals surface area contributed by atoms with Crippen molar-refractivity contribution in [3.63, 3.8) is 0 Å². The Bertz CT molecular complexity index is 770. The van der Waals surface area contributed by atoms with Gasteiger partial charge in [-0.05, 0) is 54.3 Å². The molecule has 0 aliphatic carbocycles. The summed E-state index contributed by atoms with van der Waals surface area (Å²) in [6, 6.07) is 12.0. The first-order valence-corrected chi connectivity index (χ1v) is 9.57. The maximum Gasteiger partial charge on any atom is 0.255 e. The average Bonchev–Trinajstić information content (AvgIpc) is 2.64. The van der Waals surface area contributed by atoms with Crippen molar-refractivity contribution in [2.24, 2.45) is 5.73 Å². The lowest BCUT2D eigenvalue weighted by Crippen LogP contribution is -2.40. The van der Waals surface area contributed by atoms with Gasteiger partial charge in [-0.25, -0.2) is 4.39 Å². The molecule has 0 unspecified atom stereocenters. The SMILES string of the molecule is CSCC[C@H](N)C(=O)NCc1cccc(NC(=O)c2cccc(F)c2)c1. The number of amides is 2. The Kier molecular flexibility index (Phi) is 7.62. The van der Waals surface area contributed by atoms with Gasteiger partial charge in [0, 0.05) is 17.8 Å². The van der Waals surface area contributed by atoms with Crippen LogP contribution in [-0.4, -0.2) is 29.9 Å². The van der Waals surface area contributed by atoms with Crippen LogP contribution in [0.1, 0.15) is 22.3 Å². The van der Waals surface area contributed by atoms with Crippen LogP contribution < -0.4 is 16.4 Å². The van der Waals surface area contributed by atoms with E-state index in [4.69, 9.17) is 5.73 Å². The maximum absolute atomic E-state index is 13.2. The highest BCUT2D eigenvalue weighted by molar-refractivity contribution is 7.98. The van der Waals surface area contributed by atoms with E-state index in [2.05, 4.69) is 10.6 Å². The lowest BCUT2D eigenvalue weighted by atomic mass is 10.1. The van der Waals surface area contributed by atoms with Gasteiger partial charge in [-0.2, -0.15) is 11.8 Å². The molecule has 26 heavy (non-hydrogen) atoms. The van der Waals surface area contributed by atoms with Crippen molar-refractivity contribution >= 4 is 29.3 Å². The molecule has 2 aromatic rings. The Morgan fingerprint density at radius 3 is 2.69 bits per heavy atom. The minimum Gasteiger partial charge on any atom is -0.351 e. The molecule has 0 saturated carbocycles. The molecule has 0 aliphatic rings. The number of carbonyl (C=O) groups excluding carboxylic acids is 2. The second kappa shape index (κ2) is 9.94. The summed E-state index contributed by atoms with van der Waals surface area (Å²) in [4.78, 5) is 24.1. The number of hydrogen-bond acceptors (Lipinski definition) is 4. The molecule has 0 fully saturated rings. The van der Waals surface area contributed by atoms with Gasteiger partial charge in [0.05, 0.1) is 6.04 Å². The molecule has 0 saturated heterocycles. The summed E-state index contributed by atoms with van der Waals surface area (Å²) in [7, 11) is 0. The van der Waals surface area contributed by atoms with E-state index in [0.717, 1.165) is 11.3 Å². The van der Waals surface area contributed by atoms with Crippen molar-refractivity contribution in [1.29, 1.82) is 0 Å². The topological polar surface area (TPSA) is 84.2 Å². The molecule has 0 aromatic heterocycles. The van der Waals surface area contributed by atoms with Gasteiger partial charge in [-0.1, -0.05) is 18.2 Å². The smallest absolute Gasteiger partial charge is 0.255 e. The standard InChI is InChI=1S/C19H22FN3O2S/c1-26-9-8-17(21)19(25)22-12-13-4-2-7-16(10-13)23-18(24)14-5-3-6-15(20)11-14/h2-7,10-11,17H,8-9,12,21H2,1H3,(H,22,25)(H,23,24)/t17-/m0/s1. The highest BCUT2D eigenvalue weighted by Crippen LogP contribution is 2.13. The van der Waals surface area contributed by atoms with Crippen LogP contribution in [0, 0.1) is 5.82 Å². The molecular formula is C19H22FN3O2S. The largest absolute Gasteiger partial charge is 0.351 e. The molecule has 2 amide bonds. The molecule has 0 radical (unpaired) electrons. The molecule has 2 rings (SSSR count). The van der Waals surface area contributed by atoms with Gasteiger partial charge in [0.1, 0.15) is 5.82 Å². The summed E-state index contributed by atoms with van der Waals surface area (Å²) < 4.78 is 13.2. The van der Waals surface area contributed by atoms with Crippen LogP contribution in [0.15, 0.2) is 48.5 Å². The Morgan fingerprint density at radius 2 is 1.96 bits per heavy atom. The van der Waals surface area contributed by atoms with Gasteiger partial charge >= 0.3 is 0 Å². The molecular weight excluding hydrogens is 353 g/mol. The first-order chi connectivity index (χ1) is 12.5. The van der Waals surface area contributed by atoms with Crippen LogP contribution in [0.25, 0.3) is 0 Å². The summed E-state index contributed by atoms with van der Waals surface area (Å²) in [5, 5.41) is 5.51. The van der Waals surface area contributed by atoms with E-state index in [0.29, 0.717) is 18.7 Å². The number of thioether (sulfide) groups is 1. The van der Waals surface area contributed by atoms with E-state index in [1.807, 2.05) is 12.3 Å². The maximum atomic E-state index is 13.2. The van der Waals surface area contributed by atoms with E-state index in [-0.39, 0.29) is 11.5 Å². The highest BCUT2D eigenvalue weighted by Gasteiger charge is 2.12. The van der Waals surface area contributed by atoms with E-state index in [9.17, 15) is 14.0 Å². The average molecular weight is 375 g/mol. The lowest BCUT2D eigenvalue weighted by Gasteiger charge is -2.12. The summed E-state index contributed by atoms with van der Waals surface area (Å²) in [5.74, 6) is -0.235. The van der Waals surface area contributed by atoms with Crippen molar-refractivity contribution in [3.8, 4) is 0 Å². The molecule has 2 aromatic carbocycles. The zero-order valence-electron chi connectivity index (χ0n) is 14.5. The van der Waals surface area contributed by atoms with Crippen LogP contribution in [0.4, 0.5) is 10.1 Å². The Labute approximate surface area is 156 Å². The van der Waals surface area contributed by atoms with Gasteiger partial charge in [-0.15, -0.1) is 0 Å². The van der Waals surface area contributed by atoms with Crippen LogP contribution in [0.3, 0.4) is 0 Å². The van der Waals surface area contributed by atoms with Crippen LogP contribution in [0.2, 0.25) is 0 Å². The van der Waals surface area contributed by atoms with Crippen LogP contribution in [-0.2, 0) is 11.3 Å². The van der Waals surface area contributed by atoms with Crippen LogP contribution >= 0.6 is 11.8 Å². The Balaban J connectivity index is 1.93. The summed E-state index contributed by atoms with van der Waals surface area (Å²) in [5.41, 5.74) is 7.46. The second-order valence-electron chi connectivity index (χ2n) is 5.77. The molecule has 0 aliphatic heterocycles. The van der Waals surface area contributed by atoms with E-state index >= 15 is 0 Å². The van der Waals surface area contributed by atoms with Crippen molar-refractivity contribution in [3.05, 3.63) is 65.5 Å². The first-order valence-electron chi connectivity index (χ1n) is 8.17. The molecule has 1 atom stereocenters. The fourth-order valence-electron chi connectivity index (χ4n) is 2.29. The zero-order chi connectivity index (χ0) is 18.9. The van der Waals surface area contributed by atoms with Crippen molar-refractivity contribution in [2.45, 2.75) is 19.0 Å². The van der Waals surface area contributed by atoms with Gasteiger partial charge in [0.15, 0.2) is 0 Å². The normalized spacial score (nSPS) is 11.7. The van der Waals surface area contributed by atoms with E-state index < -0.39 is 17.8 Å². The summed E-state index contributed by atoms with van der Waals surface area (Å²) in [6.07, 6.45) is 2.59. The first kappa shape index (κ1) is 19.9. The third-order valence-electron chi connectivity index (χ3n) is 3.71. The van der Waals surface area contributed by atoms with E-state index in [1.165, 1.54) is 18.2 Å². The molecule has 0 spiro atoms. The third kappa shape index (κ3) is 6.16. The van der Waals surface area contributed by atoms with Crippen molar-refractivity contribution in [1.82, 2.24) is 5.32 Å². The molecule has 0 heterocycles.